The van der Waals surface area contributed by atoms with Crippen molar-refractivity contribution in [3.63, 3.8) is 0 Å². The minimum Gasteiger partial charge on any atom is -0.369 e. The summed E-state index contributed by atoms with van der Waals surface area (Å²) in [6, 6.07) is 5.75. The molecule has 0 saturated heterocycles. The smallest absolute Gasteiger partial charge is 0.196 e. The Bertz CT molecular complexity index is 476. The number of nitrogens with zero attached hydrogens (tertiary/aromatic N) is 2. The number of hydrogen-bond donors (Lipinski definition) is 1. The largest absolute Gasteiger partial charge is 0.369 e. The number of rotatable bonds is 3. The summed E-state index contributed by atoms with van der Waals surface area (Å²) in [5.41, 5.74) is 5.78. The lowest BCUT2D eigenvalue weighted by Crippen LogP contribution is -2.38. The maximum absolute atomic E-state index is 5.89. The van der Waals surface area contributed by atoms with Gasteiger partial charge in [-0.15, -0.1) is 11.8 Å². The Labute approximate surface area is 118 Å². The average Bonchev–Trinajstić information content (AvgIpc) is 2.30. The van der Waals surface area contributed by atoms with E-state index < -0.39 is 0 Å². The first kappa shape index (κ1) is 12.8. The monoisotopic (exact) mass is 331 g/mol. The van der Waals surface area contributed by atoms with Crippen LogP contribution in [0.25, 0.3) is 0 Å². The van der Waals surface area contributed by atoms with Gasteiger partial charge >= 0.3 is 0 Å². The zero-order valence-corrected chi connectivity index (χ0v) is 12.1. The Morgan fingerprint density at radius 1 is 1.53 bits per heavy atom. The number of guanidine groups is 1. The third-order valence-electron chi connectivity index (χ3n) is 2.23. The molecule has 1 aromatic rings. The first-order valence-corrected chi connectivity index (χ1v) is 7.13. The highest BCUT2D eigenvalue weighted by molar-refractivity contribution is 9.10. The fraction of sp³-hybridized carbons (Fsp3) is 0.182. The van der Waals surface area contributed by atoms with Crippen LogP contribution >= 0.6 is 39.3 Å². The van der Waals surface area contributed by atoms with E-state index in [-0.39, 0.29) is 0 Å². The number of nitrogens with two attached hydrogens (primary N) is 1. The lowest BCUT2D eigenvalue weighted by molar-refractivity contribution is 0.529. The third kappa shape index (κ3) is 3.40. The SMILES string of the molecule is NC1=NC=CCN1CSc1ccc(Cl)cc1Br. The molecule has 6 heteroatoms. The van der Waals surface area contributed by atoms with Crippen LogP contribution in [0.15, 0.2) is 44.8 Å². The topological polar surface area (TPSA) is 41.6 Å². The standard InChI is InChI=1S/C11H11BrClN3S/c12-9-6-8(13)2-3-10(9)17-7-16-5-1-4-15-11(16)14/h1-4,6H,5,7H2,(H2,14,15). The number of thioether (sulfide) groups is 1. The molecular weight excluding hydrogens is 322 g/mol. The fourth-order valence-electron chi connectivity index (χ4n) is 1.34. The van der Waals surface area contributed by atoms with Crippen LogP contribution in [0.1, 0.15) is 0 Å². The van der Waals surface area contributed by atoms with Gasteiger partial charge in [-0.05, 0) is 40.2 Å². The molecule has 0 aliphatic carbocycles. The van der Waals surface area contributed by atoms with E-state index in [9.17, 15) is 0 Å². The van der Waals surface area contributed by atoms with E-state index in [0.29, 0.717) is 5.96 Å². The molecule has 0 amide bonds. The Hall–Kier alpha value is -0.650. The number of aliphatic imine (C=N–C) groups is 1. The molecule has 2 N–H and O–H groups in total. The second-order valence-corrected chi connectivity index (χ2v) is 5.72. The van der Waals surface area contributed by atoms with Gasteiger partial charge in [-0.3, -0.25) is 0 Å². The number of halogens is 2. The van der Waals surface area contributed by atoms with Crippen LogP contribution in [0.4, 0.5) is 0 Å². The third-order valence-corrected chi connectivity index (χ3v) is 4.49. The Morgan fingerprint density at radius 2 is 2.35 bits per heavy atom. The quantitative estimate of drug-likeness (QED) is 0.864. The molecule has 0 unspecified atom stereocenters. The van der Waals surface area contributed by atoms with Gasteiger partial charge in [-0.25, -0.2) is 4.99 Å². The molecule has 0 spiro atoms. The summed E-state index contributed by atoms with van der Waals surface area (Å²) in [6.45, 7) is 0.799. The average molecular weight is 333 g/mol. The highest BCUT2D eigenvalue weighted by Gasteiger charge is 2.10. The van der Waals surface area contributed by atoms with Gasteiger partial charge in [0.15, 0.2) is 5.96 Å². The van der Waals surface area contributed by atoms with E-state index in [0.717, 1.165) is 26.8 Å². The molecule has 0 bridgehead atoms. The van der Waals surface area contributed by atoms with Crippen molar-refractivity contribution in [3.8, 4) is 0 Å². The highest BCUT2D eigenvalue weighted by Crippen LogP contribution is 2.30. The first-order valence-electron chi connectivity index (χ1n) is 4.98. The predicted molar refractivity (Wildman–Crippen MR) is 77.3 cm³/mol. The van der Waals surface area contributed by atoms with E-state index in [1.165, 1.54) is 0 Å². The Kier molecular flexibility index (Phi) is 4.36. The van der Waals surface area contributed by atoms with Crippen LogP contribution in [0, 0.1) is 0 Å². The van der Waals surface area contributed by atoms with Crippen molar-refractivity contribution in [3.05, 3.63) is 40.0 Å². The molecule has 1 aliphatic rings. The number of benzene rings is 1. The molecule has 0 aromatic heterocycles. The van der Waals surface area contributed by atoms with E-state index in [4.69, 9.17) is 17.3 Å². The highest BCUT2D eigenvalue weighted by atomic mass is 79.9. The second-order valence-electron chi connectivity index (χ2n) is 3.44. The fourth-order valence-corrected chi connectivity index (χ4v) is 3.26. The van der Waals surface area contributed by atoms with E-state index in [1.807, 2.05) is 29.2 Å². The molecule has 2 rings (SSSR count). The van der Waals surface area contributed by atoms with Crippen LogP contribution in [0.2, 0.25) is 5.02 Å². The van der Waals surface area contributed by atoms with Crippen molar-refractivity contribution in [2.75, 3.05) is 12.4 Å². The summed E-state index contributed by atoms with van der Waals surface area (Å²) in [7, 11) is 0. The van der Waals surface area contributed by atoms with Crippen LogP contribution in [0.5, 0.6) is 0 Å². The minimum atomic E-state index is 0.560. The molecule has 0 fully saturated rings. The van der Waals surface area contributed by atoms with Gasteiger partial charge in [0.05, 0.1) is 5.88 Å². The Morgan fingerprint density at radius 3 is 3.06 bits per heavy atom. The molecular formula is C11H11BrClN3S. The van der Waals surface area contributed by atoms with Crippen molar-refractivity contribution in [1.82, 2.24) is 4.90 Å². The second kappa shape index (κ2) is 5.80. The van der Waals surface area contributed by atoms with Gasteiger partial charge in [0.2, 0.25) is 0 Å². The summed E-state index contributed by atoms with van der Waals surface area (Å²) in [6.07, 6.45) is 3.71. The van der Waals surface area contributed by atoms with Crippen molar-refractivity contribution in [1.29, 1.82) is 0 Å². The van der Waals surface area contributed by atoms with Crippen molar-refractivity contribution >= 4 is 45.3 Å². The molecule has 90 valence electrons. The van der Waals surface area contributed by atoms with Crippen LogP contribution in [-0.4, -0.2) is 23.3 Å². The van der Waals surface area contributed by atoms with Gasteiger partial charge < -0.3 is 10.6 Å². The lowest BCUT2D eigenvalue weighted by Gasteiger charge is -2.23. The van der Waals surface area contributed by atoms with E-state index >= 15 is 0 Å². The van der Waals surface area contributed by atoms with E-state index in [2.05, 4.69) is 20.9 Å². The molecule has 1 heterocycles. The van der Waals surface area contributed by atoms with Crippen molar-refractivity contribution < 1.29 is 0 Å². The zero-order chi connectivity index (χ0) is 12.3. The van der Waals surface area contributed by atoms with Gasteiger partial charge in [0.25, 0.3) is 0 Å². The maximum atomic E-state index is 5.89. The lowest BCUT2D eigenvalue weighted by atomic mass is 10.4. The predicted octanol–water partition coefficient (Wildman–Crippen LogP) is 3.30. The summed E-state index contributed by atoms with van der Waals surface area (Å²) in [4.78, 5) is 7.20. The van der Waals surface area contributed by atoms with E-state index in [1.54, 1.807) is 18.0 Å². The maximum Gasteiger partial charge on any atom is 0.196 e. The zero-order valence-electron chi connectivity index (χ0n) is 8.94. The normalized spacial score (nSPS) is 14.9. The summed E-state index contributed by atoms with van der Waals surface area (Å²) in [5, 5.41) is 0.725. The number of hydrogen-bond acceptors (Lipinski definition) is 4. The van der Waals surface area contributed by atoms with Gasteiger partial charge in [0, 0.05) is 27.1 Å². The summed E-state index contributed by atoms with van der Waals surface area (Å²) >= 11 is 11.1. The summed E-state index contributed by atoms with van der Waals surface area (Å²) in [5.74, 6) is 1.32. The first-order chi connectivity index (χ1) is 8.16. The van der Waals surface area contributed by atoms with Crippen LogP contribution in [0.3, 0.4) is 0 Å². The molecule has 1 aliphatic heterocycles. The Balaban J connectivity index is 1.98. The van der Waals surface area contributed by atoms with Crippen molar-refractivity contribution in [2.24, 2.45) is 10.7 Å². The van der Waals surface area contributed by atoms with Crippen molar-refractivity contribution in [2.45, 2.75) is 4.90 Å². The molecule has 1 aromatic carbocycles. The molecule has 17 heavy (non-hydrogen) atoms. The van der Waals surface area contributed by atoms with Gasteiger partial charge in [-0.2, -0.15) is 0 Å². The van der Waals surface area contributed by atoms with Crippen LogP contribution in [-0.2, 0) is 0 Å². The molecule has 3 nitrogen and oxygen atoms in total. The van der Waals surface area contributed by atoms with Gasteiger partial charge in [-0.1, -0.05) is 11.6 Å². The minimum absolute atomic E-state index is 0.560. The molecule has 0 radical (unpaired) electrons. The summed E-state index contributed by atoms with van der Waals surface area (Å²) < 4.78 is 0.998. The van der Waals surface area contributed by atoms with Gasteiger partial charge in [0.1, 0.15) is 0 Å². The molecule has 0 atom stereocenters. The van der Waals surface area contributed by atoms with Crippen LogP contribution < -0.4 is 5.73 Å². The molecule has 0 saturated carbocycles.